The van der Waals surface area contributed by atoms with Crippen molar-refractivity contribution in [3.8, 4) is 0 Å². The predicted octanol–water partition coefficient (Wildman–Crippen LogP) is 2.72. The summed E-state index contributed by atoms with van der Waals surface area (Å²) in [6, 6.07) is 8.24. The van der Waals surface area contributed by atoms with Crippen molar-refractivity contribution in [2.45, 2.75) is 58.5 Å². The molecule has 0 radical (unpaired) electrons. The summed E-state index contributed by atoms with van der Waals surface area (Å²) in [5, 5.41) is 3.18. The zero-order valence-corrected chi connectivity index (χ0v) is 16.7. The molecule has 1 N–H and O–H groups in total. The van der Waals surface area contributed by atoms with E-state index in [1.54, 1.807) is 0 Å². The van der Waals surface area contributed by atoms with Gasteiger partial charge < -0.3 is 10.2 Å². The Labute approximate surface area is 163 Å². The number of hydrogen-bond acceptors (Lipinski definition) is 3. The van der Waals surface area contributed by atoms with E-state index in [2.05, 4.69) is 35.3 Å². The van der Waals surface area contributed by atoms with Gasteiger partial charge in [0.1, 0.15) is 0 Å². The van der Waals surface area contributed by atoms with Gasteiger partial charge in [0.2, 0.25) is 11.8 Å². The Morgan fingerprint density at radius 1 is 1.15 bits per heavy atom. The lowest BCUT2D eigenvalue weighted by atomic mass is 9.94. The van der Waals surface area contributed by atoms with Gasteiger partial charge in [0, 0.05) is 39.1 Å². The summed E-state index contributed by atoms with van der Waals surface area (Å²) in [6.07, 6.45) is 5.28. The highest BCUT2D eigenvalue weighted by molar-refractivity contribution is 5.82. The van der Waals surface area contributed by atoms with Gasteiger partial charge >= 0.3 is 0 Å². The minimum absolute atomic E-state index is 0.0591. The normalized spacial score (nSPS) is 19.9. The van der Waals surface area contributed by atoms with E-state index in [4.69, 9.17) is 0 Å². The second kappa shape index (κ2) is 9.36. The minimum Gasteiger partial charge on any atom is -0.351 e. The summed E-state index contributed by atoms with van der Waals surface area (Å²) in [7, 11) is 0. The van der Waals surface area contributed by atoms with Gasteiger partial charge in [-0.3, -0.25) is 14.5 Å². The lowest BCUT2D eigenvalue weighted by Crippen LogP contribution is -2.57. The molecule has 1 aliphatic heterocycles. The topological polar surface area (TPSA) is 52.7 Å². The summed E-state index contributed by atoms with van der Waals surface area (Å²) in [5.74, 6) is 0.811. The van der Waals surface area contributed by atoms with E-state index in [-0.39, 0.29) is 17.9 Å². The van der Waals surface area contributed by atoms with Crippen LogP contribution in [0.5, 0.6) is 0 Å². The van der Waals surface area contributed by atoms with Crippen LogP contribution >= 0.6 is 0 Å². The molecule has 1 saturated carbocycles. The summed E-state index contributed by atoms with van der Waals surface area (Å²) >= 11 is 0. The van der Waals surface area contributed by atoms with Crippen LogP contribution < -0.4 is 5.32 Å². The summed E-state index contributed by atoms with van der Waals surface area (Å²) in [6.45, 7) is 7.63. The smallest absolute Gasteiger partial charge is 0.237 e. The Morgan fingerprint density at radius 3 is 2.48 bits per heavy atom. The molecule has 3 rings (SSSR count). The van der Waals surface area contributed by atoms with Crippen LogP contribution in [0.2, 0.25) is 0 Å². The van der Waals surface area contributed by atoms with E-state index in [0.717, 1.165) is 44.6 Å². The summed E-state index contributed by atoms with van der Waals surface area (Å²) in [4.78, 5) is 29.3. The van der Waals surface area contributed by atoms with E-state index in [9.17, 15) is 9.59 Å². The molecule has 2 fully saturated rings. The van der Waals surface area contributed by atoms with Crippen LogP contribution in [-0.4, -0.2) is 53.8 Å². The Bertz CT molecular complexity index is 647. The molecule has 1 aromatic carbocycles. The average Bonchev–Trinajstić information content (AvgIpc) is 3.21. The van der Waals surface area contributed by atoms with Gasteiger partial charge in [0.05, 0.1) is 6.04 Å². The lowest BCUT2D eigenvalue weighted by molar-refractivity contribution is -0.135. The molecular formula is C22H33N3O2. The molecule has 1 saturated heterocycles. The van der Waals surface area contributed by atoms with Crippen LogP contribution in [0.1, 0.15) is 50.2 Å². The Hall–Kier alpha value is -1.88. The van der Waals surface area contributed by atoms with Crippen molar-refractivity contribution >= 4 is 11.8 Å². The molecule has 1 heterocycles. The second-order valence-electron chi connectivity index (χ2n) is 7.97. The maximum Gasteiger partial charge on any atom is 0.237 e. The van der Waals surface area contributed by atoms with Crippen molar-refractivity contribution in [3.05, 3.63) is 35.4 Å². The molecule has 2 aliphatic rings. The van der Waals surface area contributed by atoms with Crippen molar-refractivity contribution in [1.29, 1.82) is 0 Å². The third-order valence-corrected chi connectivity index (χ3v) is 6.03. The van der Waals surface area contributed by atoms with Gasteiger partial charge in [-0.25, -0.2) is 0 Å². The molecule has 1 unspecified atom stereocenters. The highest BCUT2D eigenvalue weighted by Gasteiger charge is 2.37. The maximum absolute atomic E-state index is 13.1. The molecular weight excluding hydrogens is 338 g/mol. The predicted molar refractivity (Wildman–Crippen MR) is 107 cm³/mol. The van der Waals surface area contributed by atoms with E-state index in [0.29, 0.717) is 18.9 Å². The fourth-order valence-electron chi connectivity index (χ4n) is 4.54. The number of carbonyl (C=O) groups excluding carboxylic acids is 2. The Morgan fingerprint density at radius 2 is 1.85 bits per heavy atom. The first-order chi connectivity index (χ1) is 13.1. The van der Waals surface area contributed by atoms with Crippen LogP contribution in [0, 0.1) is 12.8 Å². The lowest BCUT2D eigenvalue weighted by Gasteiger charge is -2.40. The fourth-order valence-corrected chi connectivity index (χ4v) is 4.54. The van der Waals surface area contributed by atoms with E-state index in [1.807, 2.05) is 17.9 Å². The zero-order chi connectivity index (χ0) is 19.2. The molecule has 1 aromatic rings. The van der Waals surface area contributed by atoms with E-state index < -0.39 is 0 Å². The molecule has 5 nitrogen and oxygen atoms in total. The largest absolute Gasteiger partial charge is 0.351 e. The number of nitrogens with one attached hydrogen (secondary N) is 1. The monoisotopic (exact) mass is 371 g/mol. The standard InChI is InChI=1S/C22H33N3O2/c1-3-20(26)24-11-13-25(14-12-24)21(19-9-4-5-10-19)22(27)23-16-18-8-6-7-17(2)15-18/h6-8,15,19,21H,3-5,9-14,16H2,1-2H3,(H,23,27). The Balaban J connectivity index is 1.63. The molecule has 1 atom stereocenters. The van der Waals surface area contributed by atoms with Crippen molar-refractivity contribution in [2.75, 3.05) is 26.2 Å². The van der Waals surface area contributed by atoms with Crippen molar-refractivity contribution < 1.29 is 9.59 Å². The first-order valence-electron chi connectivity index (χ1n) is 10.4. The molecule has 1 aliphatic carbocycles. The molecule has 2 amide bonds. The van der Waals surface area contributed by atoms with Gasteiger partial charge in [-0.1, -0.05) is 49.6 Å². The number of carbonyl (C=O) groups is 2. The van der Waals surface area contributed by atoms with Gasteiger partial charge in [0.25, 0.3) is 0 Å². The molecule has 27 heavy (non-hydrogen) atoms. The average molecular weight is 372 g/mol. The first kappa shape index (κ1) is 19.9. The SMILES string of the molecule is CCC(=O)N1CCN(C(C(=O)NCc2cccc(C)c2)C2CCCC2)CC1. The van der Waals surface area contributed by atoms with Crippen molar-refractivity contribution in [3.63, 3.8) is 0 Å². The van der Waals surface area contributed by atoms with E-state index >= 15 is 0 Å². The number of amides is 2. The van der Waals surface area contributed by atoms with Crippen molar-refractivity contribution in [1.82, 2.24) is 15.1 Å². The molecule has 148 valence electrons. The van der Waals surface area contributed by atoms with Crippen LogP contribution in [0.4, 0.5) is 0 Å². The molecule has 5 heteroatoms. The van der Waals surface area contributed by atoms with Crippen LogP contribution in [0.3, 0.4) is 0 Å². The summed E-state index contributed by atoms with van der Waals surface area (Å²) in [5.41, 5.74) is 2.36. The summed E-state index contributed by atoms with van der Waals surface area (Å²) < 4.78 is 0. The molecule has 0 aromatic heterocycles. The van der Waals surface area contributed by atoms with E-state index in [1.165, 1.54) is 18.4 Å². The third kappa shape index (κ3) is 5.10. The fraction of sp³-hybridized carbons (Fsp3) is 0.636. The number of rotatable bonds is 6. The number of aryl methyl sites for hydroxylation is 1. The zero-order valence-electron chi connectivity index (χ0n) is 16.7. The highest BCUT2D eigenvalue weighted by Crippen LogP contribution is 2.31. The van der Waals surface area contributed by atoms with Gasteiger partial charge in [-0.2, -0.15) is 0 Å². The second-order valence-corrected chi connectivity index (χ2v) is 7.97. The number of hydrogen-bond donors (Lipinski definition) is 1. The van der Waals surface area contributed by atoms with Crippen LogP contribution in [-0.2, 0) is 16.1 Å². The van der Waals surface area contributed by atoms with Crippen LogP contribution in [0.25, 0.3) is 0 Å². The quantitative estimate of drug-likeness (QED) is 0.837. The molecule has 0 spiro atoms. The van der Waals surface area contributed by atoms with Crippen LogP contribution in [0.15, 0.2) is 24.3 Å². The highest BCUT2D eigenvalue weighted by atomic mass is 16.2. The van der Waals surface area contributed by atoms with Gasteiger partial charge in [-0.05, 0) is 31.2 Å². The van der Waals surface area contributed by atoms with Gasteiger partial charge in [-0.15, -0.1) is 0 Å². The maximum atomic E-state index is 13.1. The first-order valence-corrected chi connectivity index (χ1v) is 10.4. The Kier molecular flexibility index (Phi) is 6.89. The number of piperazine rings is 1. The number of nitrogens with zero attached hydrogens (tertiary/aromatic N) is 2. The third-order valence-electron chi connectivity index (χ3n) is 6.03. The minimum atomic E-state index is -0.0591. The van der Waals surface area contributed by atoms with Crippen molar-refractivity contribution in [2.24, 2.45) is 5.92 Å². The molecule has 0 bridgehead atoms. The number of benzene rings is 1. The van der Waals surface area contributed by atoms with Gasteiger partial charge in [0.15, 0.2) is 0 Å².